The molecule has 0 radical (unpaired) electrons. The average Bonchev–Trinajstić information content (AvgIpc) is 2.98. The van der Waals surface area contributed by atoms with Gasteiger partial charge in [-0.25, -0.2) is 4.79 Å². The molecule has 51 heavy (non-hydrogen) atoms. The third-order valence-corrected chi connectivity index (χ3v) is 9.27. The highest BCUT2D eigenvalue weighted by Gasteiger charge is 2.64. The lowest BCUT2D eigenvalue weighted by atomic mass is 9.57. The number of benzene rings is 2. The Balaban J connectivity index is 1.60. The minimum atomic E-state index is -5.20. The molecule has 2 aromatic rings. The van der Waals surface area contributed by atoms with E-state index in [0.717, 1.165) is 0 Å². The van der Waals surface area contributed by atoms with Crippen molar-refractivity contribution < 1.29 is 65.9 Å². The number of Topliss-reactive ketones (excluding diaryl/α,β-unsaturated/α-hetero) is 2. The van der Waals surface area contributed by atoms with E-state index in [0.29, 0.717) is 0 Å². The quantitative estimate of drug-likeness (QED) is 0.135. The number of fused-ring (bicyclic) bond motifs is 3. The molecule has 2 aromatic carbocycles. The number of aromatic hydroxyl groups is 1. The molecule has 8 N–H and O–H groups in total. The Morgan fingerprint density at radius 3 is 1.98 bits per heavy atom. The van der Waals surface area contributed by atoms with E-state index in [4.69, 9.17) is 5.73 Å². The lowest BCUT2D eigenvalue weighted by molar-refractivity contribution is -0.153. The molecule has 4 atom stereocenters. The van der Waals surface area contributed by atoms with Crippen LogP contribution in [0.5, 0.6) is 5.75 Å². The molecule has 0 saturated heterocycles. The van der Waals surface area contributed by atoms with Crippen LogP contribution in [0.4, 0.5) is 48.2 Å². The summed E-state index contributed by atoms with van der Waals surface area (Å²) in [7, 11) is 5.97. The van der Waals surface area contributed by atoms with Crippen LogP contribution < -0.4 is 21.3 Å². The lowest BCUT2D eigenvalue weighted by Crippen LogP contribution is -2.65. The second-order valence-corrected chi connectivity index (χ2v) is 12.9. The van der Waals surface area contributed by atoms with Gasteiger partial charge >= 0.3 is 18.4 Å². The van der Waals surface area contributed by atoms with Crippen LogP contribution >= 0.6 is 0 Å². The summed E-state index contributed by atoms with van der Waals surface area (Å²) in [5, 5.41) is 49.7. The van der Waals surface area contributed by atoms with E-state index in [1.807, 2.05) is 5.32 Å². The fourth-order valence-electron chi connectivity index (χ4n) is 7.10. The first-order valence-corrected chi connectivity index (χ1v) is 15.0. The number of nitrogens with two attached hydrogens (primary N) is 1. The van der Waals surface area contributed by atoms with Gasteiger partial charge in [-0.1, -0.05) is 0 Å². The third kappa shape index (κ3) is 5.98. The Kier molecular flexibility index (Phi) is 8.83. The molecule has 0 bridgehead atoms. The molecule has 274 valence electrons. The van der Waals surface area contributed by atoms with Crippen LogP contribution in [0.3, 0.4) is 0 Å². The minimum absolute atomic E-state index is 0.105. The maximum atomic E-state index is 14.1. The molecule has 19 heteroatoms. The fraction of sp³-hybridized carbons (Fsp3) is 0.375. The summed E-state index contributed by atoms with van der Waals surface area (Å²) in [6.07, 6.45) is -10.7. The number of phenols is 1. The molecular formula is C32H31F6N5O8. The normalized spacial score (nSPS) is 23.5. The van der Waals surface area contributed by atoms with Gasteiger partial charge in [-0.15, -0.1) is 0 Å². The SMILES string of the molecule is CN(C)c1cc(NC(=O)Nc2cc(C(F)(F)F)cc(C(F)(F)F)c2)c(O)c2c1C[C@H]1C[C@H]3[C@H](N(C)C)C(=O)C(C(N)=O)=C(O)[C@@]3(O)C(=O)C1=C2O. The number of ketones is 2. The second kappa shape index (κ2) is 12.2. The molecule has 0 unspecified atom stereocenters. The molecule has 13 nitrogen and oxygen atoms in total. The van der Waals surface area contributed by atoms with Crippen molar-refractivity contribution >= 4 is 46.3 Å². The van der Waals surface area contributed by atoms with Gasteiger partial charge in [0.15, 0.2) is 17.1 Å². The molecule has 1 saturated carbocycles. The zero-order valence-electron chi connectivity index (χ0n) is 27.1. The summed E-state index contributed by atoms with van der Waals surface area (Å²) in [5.41, 5.74) is -3.85. The van der Waals surface area contributed by atoms with Crippen molar-refractivity contribution in [2.75, 3.05) is 43.7 Å². The van der Waals surface area contributed by atoms with Crippen molar-refractivity contribution in [3.05, 3.63) is 63.4 Å². The van der Waals surface area contributed by atoms with Crippen molar-refractivity contribution in [3.63, 3.8) is 0 Å². The Hall–Kier alpha value is -5.30. The Labute approximate surface area is 284 Å². The van der Waals surface area contributed by atoms with E-state index in [9.17, 15) is 65.9 Å². The number of carbonyl (C=O) groups excluding carboxylic acids is 4. The van der Waals surface area contributed by atoms with Crippen LogP contribution in [0.2, 0.25) is 0 Å². The number of anilines is 3. The molecular weight excluding hydrogens is 696 g/mol. The van der Waals surface area contributed by atoms with E-state index in [1.54, 1.807) is 0 Å². The number of urea groups is 1. The molecule has 3 aliphatic rings. The van der Waals surface area contributed by atoms with E-state index in [-0.39, 0.29) is 42.3 Å². The standard InChI is InChI=1S/C32H31F6N5O8/c1-42(2)18-10-17(41-29(50)40-14-8-12(31(33,34)35)7-13(9-14)32(36,37)38)23(44)20-15(18)5-11-6-16-22(43(3)4)25(46)21(28(39)49)27(48)30(16,51)26(47)19(11)24(20)45/h7-11,16,22,44-45,48,51H,5-6H2,1-4H3,(H2,39,49)(H2,40,41,50)/t11-,16-,22-,30-/m0/s1. The van der Waals surface area contributed by atoms with Crippen LogP contribution in [0.25, 0.3) is 5.76 Å². The number of nitrogens with zero attached hydrogens (tertiary/aromatic N) is 2. The molecule has 3 aliphatic carbocycles. The predicted octanol–water partition coefficient (Wildman–Crippen LogP) is 3.71. The smallest absolute Gasteiger partial charge is 0.416 e. The van der Waals surface area contributed by atoms with Gasteiger partial charge in [-0.3, -0.25) is 19.3 Å². The monoisotopic (exact) mass is 727 g/mol. The highest BCUT2D eigenvalue weighted by molar-refractivity contribution is 6.24. The summed E-state index contributed by atoms with van der Waals surface area (Å²) >= 11 is 0. The number of hydrogen-bond donors (Lipinski definition) is 7. The van der Waals surface area contributed by atoms with Gasteiger partial charge in [-0.05, 0) is 62.7 Å². The second-order valence-electron chi connectivity index (χ2n) is 12.9. The largest absolute Gasteiger partial charge is 0.508 e. The number of halogens is 6. The van der Waals surface area contributed by atoms with Gasteiger partial charge < -0.3 is 41.7 Å². The molecule has 0 heterocycles. The van der Waals surface area contributed by atoms with Crippen molar-refractivity contribution in [2.45, 2.75) is 36.8 Å². The van der Waals surface area contributed by atoms with E-state index in [1.165, 1.54) is 44.1 Å². The minimum Gasteiger partial charge on any atom is -0.508 e. The van der Waals surface area contributed by atoms with Gasteiger partial charge in [0.25, 0.3) is 5.91 Å². The molecule has 0 aromatic heterocycles. The number of alkyl halides is 6. The summed E-state index contributed by atoms with van der Waals surface area (Å²) in [4.78, 5) is 55.3. The molecule has 0 spiro atoms. The maximum absolute atomic E-state index is 14.1. The first kappa shape index (κ1) is 37.0. The number of aliphatic hydroxyl groups is 3. The number of aliphatic hydroxyl groups excluding tert-OH is 2. The van der Waals surface area contributed by atoms with Gasteiger partial charge in [0, 0.05) is 37.0 Å². The summed E-state index contributed by atoms with van der Waals surface area (Å²) < 4.78 is 80.1. The number of primary amides is 1. The molecule has 0 aliphatic heterocycles. The molecule has 1 fully saturated rings. The zero-order chi connectivity index (χ0) is 38.3. The van der Waals surface area contributed by atoms with Crippen LogP contribution in [0, 0.1) is 11.8 Å². The maximum Gasteiger partial charge on any atom is 0.416 e. The number of rotatable bonds is 5. The molecule has 5 rings (SSSR count). The Morgan fingerprint density at radius 2 is 1.49 bits per heavy atom. The van der Waals surface area contributed by atoms with E-state index in [2.05, 4.69) is 5.32 Å². The summed E-state index contributed by atoms with van der Waals surface area (Å²) in [5.74, 6) is -8.96. The Bertz CT molecular complexity index is 1920. The number of likely N-dealkylation sites (N-methyl/N-ethyl adjacent to an activating group) is 1. The molecule has 3 amide bonds. The number of amides is 3. The predicted molar refractivity (Wildman–Crippen MR) is 168 cm³/mol. The highest BCUT2D eigenvalue weighted by Crippen LogP contribution is 2.54. The topological polar surface area (TPSA) is 206 Å². The highest BCUT2D eigenvalue weighted by atomic mass is 19.4. The van der Waals surface area contributed by atoms with Crippen LogP contribution in [0.1, 0.15) is 28.7 Å². The van der Waals surface area contributed by atoms with Gasteiger partial charge in [0.05, 0.1) is 28.4 Å². The van der Waals surface area contributed by atoms with Gasteiger partial charge in [-0.2, -0.15) is 26.3 Å². The van der Waals surface area contributed by atoms with Crippen LogP contribution in [0.15, 0.2) is 41.2 Å². The number of nitrogens with one attached hydrogen (secondary N) is 2. The summed E-state index contributed by atoms with van der Waals surface area (Å²) in [6.45, 7) is 0. The lowest BCUT2D eigenvalue weighted by Gasteiger charge is -2.50. The average molecular weight is 728 g/mol. The third-order valence-electron chi connectivity index (χ3n) is 9.27. The van der Waals surface area contributed by atoms with Crippen molar-refractivity contribution in [1.29, 1.82) is 0 Å². The van der Waals surface area contributed by atoms with Crippen molar-refractivity contribution in [1.82, 2.24) is 4.90 Å². The van der Waals surface area contributed by atoms with Crippen molar-refractivity contribution in [3.8, 4) is 5.75 Å². The van der Waals surface area contributed by atoms with E-state index < -0.39 is 116 Å². The summed E-state index contributed by atoms with van der Waals surface area (Å²) in [6, 6.07) is -1.09. The van der Waals surface area contributed by atoms with Crippen LogP contribution in [-0.4, -0.2) is 88.7 Å². The van der Waals surface area contributed by atoms with Gasteiger partial charge in [0.2, 0.25) is 5.78 Å². The first-order chi connectivity index (χ1) is 23.4. The van der Waals surface area contributed by atoms with Crippen molar-refractivity contribution in [2.24, 2.45) is 17.6 Å². The number of carbonyl (C=O) groups is 4. The van der Waals surface area contributed by atoms with E-state index >= 15 is 0 Å². The van der Waals surface area contributed by atoms with Crippen LogP contribution in [-0.2, 0) is 33.2 Å². The fourth-order valence-corrected chi connectivity index (χ4v) is 7.10. The number of phenolic OH excluding ortho intramolecular Hbond substituents is 1. The first-order valence-electron chi connectivity index (χ1n) is 15.0. The number of hydrogen-bond acceptors (Lipinski definition) is 10. The van der Waals surface area contributed by atoms with Gasteiger partial charge in [0.1, 0.15) is 17.1 Å². The Morgan fingerprint density at radius 1 is 0.922 bits per heavy atom. The zero-order valence-corrected chi connectivity index (χ0v) is 27.1.